The third-order valence-corrected chi connectivity index (χ3v) is 3.22. The monoisotopic (exact) mass is 300 g/mol. The molecule has 0 heterocycles. The van der Waals surface area contributed by atoms with E-state index in [1.807, 2.05) is 13.8 Å². The number of anilines is 1. The molecule has 22 heavy (non-hydrogen) atoms. The molecule has 0 spiro atoms. The number of nitrogens with zero attached hydrogens (tertiary/aromatic N) is 3. The first kappa shape index (κ1) is 15.4. The summed E-state index contributed by atoms with van der Waals surface area (Å²) in [7, 11) is 1.52. The van der Waals surface area contributed by atoms with Crippen molar-refractivity contribution in [3.05, 3.63) is 51.6 Å². The van der Waals surface area contributed by atoms with E-state index in [0.717, 1.165) is 11.1 Å². The average molecular weight is 300 g/mol. The van der Waals surface area contributed by atoms with Crippen LogP contribution in [0.3, 0.4) is 0 Å². The Bertz CT molecular complexity index is 757. The smallest absolute Gasteiger partial charge is 0.271 e. The molecule has 0 saturated carbocycles. The quantitative estimate of drug-likeness (QED) is 0.395. The van der Waals surface area contributed by atoms with E-state index in [4.69, 9.17) is 10.5 Å². The summed E-state index contributed by atoms with van der Waals surface area (Å²) in [5.41, 5.74) is 8.99. The Labute approximate surface area is 127 Å². The van der Waals surface area contributed by atoms with Gasteiger partial charge >= 0.3 is 0 Å². The molecule has 0 aliphatic carbocycles. The van der Waals surface area contributed by atoms with E-state index in [1.165, 1.54) is 19.2 Å². The number of nitrogens with two attached hydrogens (primary N) is 1. The number of benzene rings is 2. The topological polar surface area (TPSA) is 103 Å². The van der Waals surface area contributed by atoms with Crippen LogP contribution in [0.1, 0.15) is 11.1 Å². The van der Waals surface area contributed by atoms with Crippen molar-refractivity contribution in [2.45, 2.75) is 13.8 Å². The molecule has 0 aliphatic heterocycles. The fourth-order valence-corrected chi connectivity index (χ4v) is 1.91. The fourth-order valence-electron chi connectivity index (χ4n) is 1.91. The standard InChI is InChI=1S/C15H16N4O3/c1-9-4-5-11(19(20)21)7-13(9)17-18-14-8-15(22-3)12(16)6-10(14)2/h4-8H,16H2,1-3H3. The number of nitro groups is 1. The van der Waals surface area contributed by atoms with Gasteiger partial charge in [0.1, 0.15) is 5.75 Å². The van der Waals surface area contributed by atoms with Gasteiger partial charge in [-0.25, -0.2) is 0 Å². The molecule has 0 fully saturated rings. The summed E-state index contributed by atoms with van der Waals surface area (Å²) in [6.07, 6.45) is 0. The van der Waals surface area contributed by atoms with Crippen LogP contribution in [0, 0.1) is 24.0 Å². The van der Waals surface area contributed by atoms with Crippen LogP contribution in [0.15, 0.2) is 40.6 Å². The van der Waals surface area contributed by atoms with Crippen molar-refractivity contribution in [3.8, 4) is 5.75 Å². The molecular weight excluding hydrogens is 284 g/mol. The van der Waals surface area contributed by atoms with E-state index < -0.39 is 4.92 Å². The lowest BCUT2D eigenvalue weighted by atomic mass is 10.1. The van der Waals surface area contributed by atoms with E-state index in [9.17, 15) is 10.1 Å². The highest BCUT2D eigenvalue weighted by atomic mass is 16.6. The number of ether oxygens (including phenoxy) is 1. The summed E-state index contributed by atoms with van der Waals surface area (Å²) in [6.45, 7) is 3.67. The molecule has 0 aromatic heterocycles. The largest absolute Gasteiger partial charge is 0.495 e. The van der Waals surface area contributed by atoms with Crippen LogP contribution in [0.25, 0.3) is 0 Å². The third-order valence-electron chi connectivity index (χ3n) is 3.22. The Morgan fingerprint density at radius 2 is 1.73 bits per heavy atom. The van der Waals surface area contributed by atoms with Crippen molar-refractivity contribution in [3.63, 3.8) is 0 Å². The Balaban J connectivity index is 2.40. The molecule has 2 aromatic rings. The van der Waals surface area contributed by atoms with Crippen LogP contribution in [-0.2, 0) is 0 Å². The van der Waals surface area contributed by atoms with Crippen molar-refractivity contribution in [1.29, 1.82) is 0 Å². The van der Waals surface area contributed by atoms with Crippen LogP contribution >= 0.6 is 0 Å². The summed E-state index contributed by atoms with van der Waals surface area (Å²) in [5, 5.41) is 19.1. The molecule has 0 atom stereocenters. The minimum Gasteiger partial charge on any atom is -0.495 e. The number of hydrogen-bond acceptors (Lipinski definition) is 6. The van der Waals surface area contributed by atoms with Crippen molar-refractivity contribution >= 4 is 22.7 Å². The molecule has 2 N–H and O–H groups in total. The second kappa shape index (κ2) is 6.21. The lowest BCUT2D eigenvalue weighted by molar-refractivity contribution is -0.384. The predicted octanol–water partition coefficient (Wildman–Crippen LogP) is 4.22. The van der Waals surface area contributed by atoms with Crippen molar-refractivity contribution in [2.24, 2.45) is 10.2 Å². The second-order valence-corrected chi connectivity index (χ2v) is 4.81. The number of aryl methyl sites for hydroxylation is 2. The maximum atomic E-state index is 10.8. The van der Waals surface area contributed by atoms with Gasteiger partial charge in [-0.05, 0) is 31.0 Å². The minimum absolute atomic E-state index is 0.0221. The number of non-ortho nitro benzene ring substituents is 1. The molecule has 0 radical (unpaired) electrons. The number of azo groups is 1. The molecule has 2 aromatic carbocycles. The maximum Gasteiger partial charge on any atom is 0.271 e. The zero-order chi connectivity index (χ0) is 16.3. The summed E-state index contributed by atoms with van der Waals surface area (Å²) >= 11 is 0. The maximum absolute atomic E-state index is 10.8. The molecule has 7 nitrogen and oxygen atoms in total. The second-order valence-electron chi connectivity index (χ2n) is 4.81. The van der Waals surface area contributed by atoms with Gasteiger partial charge in [-0.15, -0.1) is 0 Å². The SMILES string of the molecule is COc1cc(N=Nc2cc([N+](=O)[O-])ccc2C)c(C)cc1N. The Morgan fingerprint density at radius 3 is 2.32 bits per heavy atom. The molecule has 7 heteroatoms. The van der Waals surface area contributed by atoms with Gasteiger partial charge in [0.2, 0.25) is 0 Å². The lowest BCUT2D eigenvalue weighted by Crippen LogP contribution is -1.92. The summed E-state index contributed by atoms with van der Waals surface area (Å²) in [6, 6.07) is 7.89. The first-order valence-electron chi connectivity index (χ1n) is 6.53. The van der Waals surface area contributed by atoms with Crippen molar-refractivity contribution in [2.75, 3.05) is 12.8 Å². The van der Waals surface area contributed by atoms with Gasteiger partial charge in [0.15, 0.2) is 0 Å². The first-order valence-corrected chi connectivity index (χ1v) is 6.53. The molecular formula is C15H16N4O3. The van der Waals surface area contributed by atoms with Crippen LogP contribution < -0.4 is 10.5 Å². The summed E-state index contributed by atoms with van der Waals surface area (Å²) in [4.78, 5) is 10.4. The van der Waals surface area contributed by atoms with E-state index in [0.29, 0.717) is 22.8 Å². The molecule has 0 bridgehead atoms. The van der Waals surface area contributed by atoms with E-state index in [2.05, 4.69) is 10.2 Å². The normalized spacial score (nSPS) is 10.9. The first-order chi connectivity index (χ1) is 10.4. The van der Waals surface area contributed by atoms with E-state index in [1.54, 1.807) is 18.2 Å². The summed E-state index contributed by atoms with van der Waals surface area (Å²) < 4.78 is 5.15. The summed E-state index contributed by atoms with van der Waals surface area (Å²) in [5.74, 6) is 0.510. The number of hydrogen-bond donors (Lipinski definition) is 1. The van der Waals surface area contributed by atoms with Crippen molar-refractivity contribution in [1.82, 2.24) is 0 Å². The molecule has 0 unspecified atom stereocenters. The van der Waals surface area contributed by atoms with Crippen LogP contribution in [0.2, 0.25) is 0 Å². The van der Waals surface area contributed by atoms with Gasteiger partial charge in [0, 0.05) is 18.2 Å². The number of nitrogen functional groups attached to an aromatic ring is 1. The number of rotatable bonds is 4. The Morgan fingerprint density at radius 1 is 1.09 bits per heavy atom. The zero-order valence-electron chi connectivity index (χ0n) is 12.5. The minimum atomic E-state index is -0.462. The van der Waals surface area contributed by atoms with Crippen LogP contribution in [-0.4, -0.2) is 12.0 Å². The van der Waals surface area contributed by atoms with E-state index >= 15 is 0 Å². The van der Waals surface area contributed by atoms with Gasteiger partial charge in [-0.1, -0.05) is 6.07 Å². The van der Waals surface area contributed by atoms with Gasteiger partial charge in [0.25, 0.3) is 5.69 Å². The molecule has 2 rings (SSSR count). The molecule has 114 valence electrons. The fraction of sp³-hybridized carbons (Fsp3) is 0.200. The highest BCUT2D eigenvalue weighted by Gasteiger charge is 2.09. The number of nitro benzene ring substituents is 1. The highest BCUT2D eigenvalue weighted by molar-refractivity contribution is 5.63. The van der Waals surface area contributed by atoms with Gasteiger partial charge in [-0.2, -0.15) is 10.2 Å². The Kier molecular flexibility index (Phi) is 4.36. The average Bonchev–Trinajstić information content (AvgIpc) is 2.47. The van der Waals surface area contributed by atoms with Gasteiger partial charge in [-0.3, -0.25) is 10.1 Å². The molecule has 0 aliphatic rings. The molecule has 0 amide bonds. The van der Waals surface area contributed by atoms with Gasteiger partial charge in [0.05, 0.1) is 29.1 Å². The molecule has 0 saturated heterocycles. The Hall–Kier alpha value is -2.96. The van der Waals surface area contributed by atoms with Crippen LogP contribution in [0.5, 0.6) is 5.75 Å². The zero-order valence-corrected chi connectivity index (χ0v) is 12.5. The lowest BCUT2D eigenvalue weighted by Gasteiger charge is -2.07. The number of methoxy groups -OCH3 is 1. The highest BCUT2D eigenvalue weighted by Crippen LogP contribution is 2.32. The van der Waals surface area contributed by atoms with Crippen molar-refractivity contribution < 1.29 is 9.66 Å². The van der Waals surface area contributed by atoms with Crippen LogP contribution in [0.4, 0.5) is 22.7 Å². The third kappa shape index (κ3) is 3.20. The van der Waals surface area contributed by atoms with Gasteiger partial charge < -0.3 is 10.5 Å². The predicted molar refractivity (Wildman–Crippen MR) is 84.2 cm³/mol. The van der Waals surface area contributed by atoms with E-state index in [-0.39, 0.29) is 5.69 Å².